The van der Waals surface area contributed by atoms with Gasteiger partial charge in [0.05, 0.1) is 5.38 Å². The second-order valence-electron chi connectivity index (χ2n) is 6.18. The molecule has 0 aromatic heterocycles. The van der Waals surface area contributed by atoms with E-state index in [9.17, 15) is 0 Å². The van der Waals surface area contributed by atoms with Crippen molar-refractivity contribution < 1.29 is 4.74 Å². The van der Waals surface area contributed by atoms with E-state index < -0.39 is 0 Å². The van der Waals surface area contributed by atoms with Crippen molar-refractivity contribution >= 4 is 11.6 Å². The van der Waals surface area contributed by atoms with E-state index in [1.807, 2.05) is 6.07 Å². The van der Waals surface area contributed by atoms with E-state index in [1.165, 1.54) is 11.1 Å². The van der Waals surface area contributed by atoms with Crippen molar-refractivity contribution in [2.75, 3.05) is 0 Å². The maximum atomic E-state index is 6.62. The van der Waals surface area contributed by atoms with Crippen LogP contribution in [0.4, 0.5) is 0 Å². The summed E-state index contributed by atoms with van der Waals surface area (Å²) < 4.78 is 5.91. The molecule has 104 valence electrons. The number of halogens is 1. The molecule has 0 N–H and O–H groups in total. The van der Waals surface area contributed by atoms with Crippen LogP contribution in [0.3, 0.4) is 0 Å². The van der Waals surface area contributed by atoms with Crippen molar-refractivity contribution in [3.63, 3.8) is 0 Å². The summed E-state index contributed by atoms with van der Waals surface area (Å²) in [6.45, 7) is 6.32. The molecule has 0 aliphatic carbocycles. The summed E-state index contributed by atoms with van der Waals surface area (Å²) in [5.41, 5.74) is 4.67. The fourth-order valence-corrected chi connectivity index (χ4v) is 3.00. The number of ether oxygens (including phenoxy) is 1. The third-order valence-corrected chi connectivity index (χ3v) is 4.25. The SMILES string of the molecule is Cc1ccc(C(Cl)c2ccc3c(c2)CC(C)(C)O3)cc1. The summed E-state index contributed by atoms with van der Waals surface area (Å²) in [6.07, 6.45) is 0.938. The third-order valence-electron chi connectivity index (χ3n) is 3.75. The Morgan fingerprint density at radius 3 is 2.40 bits per heavy atom. The number of alkyl halides is 1. The van der Waals surface area contributed by atoms with Crippen LogP contribution in [0, 0.1) is 6.92 Å². The Morgan fingerprint density at radius 2 is 1.70 bits per heavy atom. The first-order valence-corrected chi connectivity index (χ1v) is 7.41. The van der Waals surface area contributed by atoms with Crippen molar-refractivity contribution in [2.24, 2.45) is 0 Å². The average Bonchev–Trinajstić information content (AvgIpc) is 2.71. The molecule has 0 saturated heterocycles. The molecule has 0 fully saturated rings. The van der Waals surface area contributed by atoms with E-state index in [2.05, 4.69) is 57.2 Å². The summed E-state index contributed by atoms with van der Waals surface area (Å²) >= 11 is 6.62. The minimum atomic E-state index is -0.107. The third kappa shape index (κ3) is 2.55. The highest BCUT2D eigenvalue weighted by molar-refractivity contribution is 6.22. The van der Waals surface area contributed by atoms with Gasteiger partial charge in [-0.25, -0.2) is 0 Å². The van der Waals surface area contributed by atoms with Crippen molar-refractivity contribution in [1.82, 2.24) is 0 Å². The van der Waals surface area contributed by atoms with E-state index >= 15 is 0 Å². The summed E-state index contributed by atoms with van der Waals surface area (Å²) in [6, 6.07) is 14.7. The van der Waals surface area contributed by atoms with Gasteiger partial charge >= 0.3 is 0 Å². The second-order valence-corrected chi connectivity index (χ2v) is 6.62. The van der Waals surface area contributed by atoms with Gasteiger partial charge in [-0.05, 0) is 43.5 Å². The molecule has 1 atom stereocenters. The molecule has 2 aromatic rings. The number of benzene rings is 2. The van der Waals surface area contributed by atoms with Crippen LogP contribution < -0.4 is 4.74 Å². The maximum Gasteiger partial charge on any atom is 0.123 e. The molecular weight excluding hydrogens is 268 g/mol. The van der Waals surface area contributed by atoms with Gasteiger partial charge in [0, 0.05) is 6.42 Å². The van der Waals surface area contributed by atoms with Crippen LogP contribution in [0.2, 0.25) is 0 Å². The zero-order chi connectivity index (χ0) is 14.3. The van der Waals surface area contributed by atoms with Gasteiger partial charge in [-0.2, -0.15) is 0 Å². The molecule has 2 heteroatoms. The zero-order valence-corrected chi connectivity index (χ0v) is 12.9. The normalized spacial score (nSPS) is 17.4. The molecule has 0 saturated carbocycles. The van der Waals surface area contributed by atoms with Crippen LogP contribution in [0.25, 0.3) is 0 Å². The standard InChI is InChI=1S/C18H19ClO/c1-12-4-6-13(7-5-12)17(19)14-8-9-16-15(10-14)11-18(2,3)20-16/h4-10,17H,11H2,1-3H3. The van der Waals surface area contributed by atoms with Crippen LogP contribution in [0.5, 0.6) is 5.75 Å². The lowest BCUT2D eigenvalue weighted by atomic mass is 9.97. The van der Waals surface area contributed by atoms with Gasteiger partial charge < -0.3 is 4.74 Å². The van der Waals surface area contributed by atoms with Gasteiger partial charge in [-0.15, -0.1) is 11.6 Å². The molecule has 2 aromatic carbocycles. The Morgan fingerprint density at radius 1 is 1.05 bits per heavy atom. The fraction of sp³-hybridized carbons (Fsp3) is 0.333. The Bertz CT molecular complexity index is 628. The first-order chi connectivity index (χ1) is 9.44. The lowest BCUT2D eigenvalue weighted by molar-refractivity contribution is 0.138. The second kappa shape index (κ2) is 4.82. The molecule has 1 heterocycles. The maximum absolute atomic E-state index is 6.62. The quantitative estimate of drug-likeness (QED) is 0.703. The van der Waals surface area contributed by atoms with Gasteiger partial charge in [-0.1, -0.05) is 42.0 Å². The molecule has 0 bridgehead atoms. The first-order valence-electron chi connectivity index (χ1n) is 6.97. The lowest BCUT2D eigenvalue weighted by Crippen LogP contribution is -2.24. The molecule has 0 amide bonds. The van der Waals surface area contributed by atoms with Crippen molar-refractivity contribution in [3.05, 3.63) is 64.7 Å². The largest absolute Gasteiger partial charge is 0.487 e. The number of rotatable bonds is 2. The first kappa shape index (κ1) is 13.5. The monoisotopic (exact) mass is 286 g/mol. The van der Waals surface area contributed by atoms with Crippen LogP contribution >= 0.6 is 11.6 Å². The summed E-state index contributed by atoms with van der Waals surface area (Å²) in [4.78, 5) is 0. The minimum Gasteiger partial charge on any atom is -0.487 e. The molecule has 1 unspecified atom stereocenters. The molecular formula is C18H19ClO. The minimum absolute atomic E-state index is 0.105. The molecule has 0 radical (unpaired) electrons. The average molecular weight is 287 g/mol. The van der Waals surface area contributed by atoms with Crippen molar-refractivity contribution in [1.29, 1.82) is 0 Å². The van der Waals surface area contributed by atoms with Crippen LogP contribution in [0.1, 0.15) is 41.5 Å². The van der Waals surface area contributed by atoms with Crippen LogP contribution in [-0.4, -0.2) is 5.60 Å². The molecule has 20 heavy (non-hydrogen) atoms. The van der Waals surface area contributed by atoms with Crippen molar-refractivity contribution in [3.8, 4) is 5.75 Å². The Labute approximate surface area is 125 Å². The predicted octanol–water partition coefficient (Wildman–Crippen LogP) is 5.04. The van der Waals surface area contributed by atoms with E-state index in [0.29, 0.717) is 0 Å². The van der Waals surface area contributed by atoms with Gasteiger partial charge in [0.1, 0.15) is 11.4 Å². The van der Waals surface area contributed by atoms with Gasteiger partial charge in [0.2, 0.25) is 0 Å². The van der Waals surface area contributed by atoms with Crippen LogP contribution in [-0.2, 0) is 6.42 Å². The van der Waals surface area contributed by atoms with Gasteiger partial charge in [0.15, 0.2) is 0 Å². The van der Waals surface area contributed by atoms with Gasteiger partial charge in [-0.3, -0.25) is 0 Å². The number of hydrogen-bond donors (Lipinski definition) is 0. The summed E-state index contributed by atoms with van der Waals surface area (Å²) in [5.74, 6) is 0.992. The van der Waals surface area contributed by atoms with Crippen molar-refractivity contribution in [2.45, 2.75) is 38.2 Å². The van der Waals surface area contributed by atoms with E-state index in [4.69, 9.17) is 16.3 Å². The molecule has 0 spiro atoms. The fourth-order valence-electron chi connectivity index (χ4n) is 2.72. The summed E-state index contributed by atoms with van der Waals surface area (Å²) in [7, 11) is 0. The molecule has 1 nitrogen and oxygen atoms in total. The number of hydrogen-bond acceptors (Lipinski definition) is 1. The highest BCUT2D eigenvalue weighted by atomic mass is 35.5. The molecule has 3 rings (SSSR count). The highest BCUT2D eigenvalue weighted by Crippen LogP contribution is 2.38. The predicted molar refractivity (Wildman–Crippen MR) is 83.7 cm³/mol. The smallest absolute Gasteiger partial charge is 0.123 e. The Kier molecular flexibility index (Phi) is 3.25. The molecule has 1 aliphatic heterocycles. The summed E-state index contributed by atoms with van der Waals surface area (Å²) in [5, 5.41) is -0.107. The molecule has 1 aliphatic rings. The van der Waals surface area contributed by atoms with E-state index in [0.717, 1.165) is 23.3 Å². The van der Waals surface area contributed by atoms with Gasteiger partial charge in [0.25, 0.3) is 0 Å². The number of aryl methyl sites for hydroxylation is 1. The van der Waals surface area contributed by atoms with E-state index in [1.54, 1.807) is 0 Å². The van der Waals surface area contributed by atoms with E-state index in [-0.39, 0.29) is 11.0 Å². The van der Waals surface area contributed by atoms with Crippen LogP contribution in [0.15, 0.2) is 42.5 Å². The zero-order valence-electron chi connectivity index (χ0n) is 12.1. The Balaban J connectivity index is 1.90. The highest BCUT2D eigenvalue weighted by Gasteiger charge is 2.30. The number of fused-ring (bicyclic) bond motifs is 1. The lowest BCUT2D eigenvalue weighted by Gasteiger charge is -2.16. The topological polar surface area (TPSA) is 9.23 Å². The Hall–Kier alpha value is -1.47.